The van der Waals surface area contributed by atoms with Crippen molar-refractivity contribution in [2.75, 3.05) is 0 Å². The van der Waals surface area contributed by atoms with E-state index in [9.17, 15) is 13.6 Å². The summed E-state index contributed by atoms with van der Waals surface area (Å²) < 4.78 is 27.0. The van der Waals surface area contributed by atoms with Crippen LogP contribution in [0.2, 0.25) is 0 Å². The zero-order chi connectivity index (χ0) is 13.9. The summed E-state index contributed by atoms with van der Waals surface area (Å²) in [6.45, 7) is 5.13. The molecule has 0 saturated heterocycles. The normalized spacial score (nSPS) is 14.4. The molecule has 100 valence electrons. The van der Waals surface area contributed by atoms with Crippen molar-refractivity contribution >= 4 is 5.91 Å². The summed E-state index contributed by atoms with van der Waals surface area (Å²) in [5.74, 6) is -1.82. The van der Waals surface area contributed by atoms with Crippen molar-refractivity contribution in [3.05, 3.63) is 35.4 Å². The lowest BCUT2D eigenvalue weighted by atomic mass is 10.0. The number of hydrogen-bond donors (Lipinski definition) is 2. The maximum absolute atomic E-state index is 13.5. The summed E-state index contributed by atoms with van der Waals surface area (Å²) in [7, 11) is 0. The number of halogens is 2. The highest BCUT2D eigenvalue weighted by atomic mass is 19.1. The maximum atomic E-state index is 13.5. The monoisotopic (exact) mass is 256 g/mol. The lowest BCUT2D eigenvalue weighted by Crippen LogP contribution is -2.44. The fourth-order valence-electron chi connectivity index (χ4n) is 1.61. The zero-order valence-electron chi connectivity index (χ0n) is 10.7. The highest BCUT2D eigenvalue weighted by molar-refractivity contribution is 5.82. The Morgan fingerprint density at radius 2 is 1.72 bits per heavy atom. The molecule has 1 rings (SSSR count). The molecule has 5 heteroatoms. The molecule has 0 saturated carbocycles. The molecule has 1 unspecified atom stereocenters. The Kier molecular flexibility index (Phi) is 4.78. The summed E-state index contributed by atoms with van der Waals surface area (Å²) in [6, 6.07) is 2.14. The van der Waals surface area contributed by atoms with Crippen LogP contribution in [0.25, 0.3) is 0 Å². The minimum Gasteiger partial charge on any atom is -0.348 e. The number of amides is 1. The minimum atomic E-state index is -0.761. The van der Waals surface area contributed by atoms with Crippen LogP contribution in [-0.2, 0) is 4.79 Å². The molecule has 0 heterocycles. The van der Waals surface area contributed by atoms with E-state index in [2.05, 4.69) is 5.32 Å². The zero-order valence-corrected chi connectivity index (χ0v) is 10.7. The average molecular weight is 256 g/mol. The van der Waals surface area contributed by atoms with Gasteiger partial charge in [0.25, 0.3) is 0 Å². The molecule has 1 amide bonds. The van der Waals surface area contributed by atoms with Crippen LogP contribution in [0.15, 0.2) is 18.2 Å². The van der Waals surface area contributed by atoms with Crippen LogP contribution in [0.1, 0.15) is 32.4 Å². The van der Waals surface area contributed by atoms with Crippen LogP contribution in [0.4, 0.5) is 8.78 Å². The summed E-state index contributed by atoms with van der Waals surface area (Å²) in [6.07, 6.45) is 0. The van der Waals surface area contributed by atoms with Crippen LogP contribution in [0, 0.1) is 17.6 Å². The standard InChI is InChI=1S/C13H18F2N2O/c1-7(2)12(16)13(18)17-8(3)11-9(14)5-4-6-10(11)15/h4-8,12H,16H2,1-3H3,(H,17,18)/t8?,12-/m0/s1. The molecule has 0 spiro atoms. The smallest absolute Gasteiger partial charge is 0.237 e. The van der Waals surface area contributed by atoms with Crippen molar-refractivity contribution in [3.63, 3.8) is 0 Å². The number of carbonyl (C=O) groups excluding carboxylic acids is 1. The van der Waals surface area contributed by atoms with E-state index in [0.29, 0.717) is 0 Å². The number of nitrogens with one attached hydrogen (secondary N) is 1. The largest absolute Gasteiger partial charge is 0.348 e. The number of rotatable bonds is 4. The molecule has 0 aromatic heterocycles. The Labute approximate surface area is 105 Å². The molecular weight excluding hydrogens is 238 g/mol. The third-order valence-electron chi connectivity index (χ3n) is 2.81. The molecule has 0 bridgehead atoms. The maximum Gasteiger partial charge on any atom is 0.237 e. The van der Waals surface area contributed by atoms with Gasteiger partial charge in [-0.2, -0.15) is 0 Å². The summed E-state index contributed by atoms with van der Waals surface area (Å²) in [4.78, 5) is 11.7. The van der Waals surface area contributed by atoms with Gasteiger partial charge < -0.3 is 11.1 Å². The third-order valence-corrected chi connectivity index (χ3v) is 2.81. The summed E-state index contributed by atoms with van der Waals surface area (Å²) >= 11 is 0. The SMILES string of the molecule is CC(NC(=O)[C@@H](N)C(C)C)c1c(F)cccc1F. The van der Waals surface area contributed by atoms with Gasteiger partial charge in [0.2, 0.25) is 5.91 Å². The minimum absolute atomic E-state index is 0.0392. The highest BCUT2D eigenvalue weighted by Gasteiger charge is 2.22. The Balaban J connectivity index is 2.83. The van der Waals surface area contributed by atoms with Gasteiger partial charge in [-0.05, 0) is 25.0 Å². The van der Waals surface area contributed by atoms with Gasteiger partial charge in [0.15, 0.2) is 0 Å². The van der Waals surface area contributed by atoms with Crippen LogP contribution in [0.5, 0.6) is 0 Å². The van der Waals surface area contributed by atoms with Crippen LogP contribution >= 0.6 is 0 Å². The quantitative estimate of drug-likeness (QED) is 0.867. The average Bonchev–Trinajstić information content (AvgIpc) is 2.27. The van der Waals surface area contributed by atoms with E-state index < -0.39 is 29.6 Å². The van der Waals surface area contributed by atoms with Crippen molar-refractivity contribution in [1.29, 1.82) is 0 Å². The topological polar surface area (TPSA) is 55.1 Å². The Morgan fingerprint density at radius 1 is 1.22 bits per heavy atom. The second-order valence-corrected chi connectivity index (χ2v) is 4.64. The van der Waals surface area contributed by atoms with Crippen LogP contribution in [-0.4, -0.2) is 11.9 Å². The first-order chi connectivity index (χ1) is 8.34. The molecule has 3 N–H and O–H groups in total. The molecule has 18 heavy (non-hydrogen) atoms. The number of nitrogens with two attached hydrogens (primary N) is 1. The summed E-state index contributed by atoms with van der Waals surface area (Å²) in [5.41, 5.74) is 5.51. The predicted molar refractivity (Wildman–Crippen MR) is 65.7 cm³/mol. The lowest BCUT2D eigenvalue weighted by Gasteiger charge is -2.20. The Hall–Kier alpha value is -1.49. The molecule has 2 atom stereocenters. The van der Waals surface area contributed by atoms with Crippen molar-refractivity contribution in [2.24, 2.45) is 11.7 Å². The number of hydrogen-bond acceptors (Lipinski definition) is 2. The molecule has 3 nitrogen and oxygen atoms in total. The fraction of sp³-hybridized carbons (Fsp3) is 0.462. The van der Waals surface area contributed by atoms with Crippen molar-refractivity contribution < 1.29 is 13.6 Å². The van der Waals surface area contributed by atoms with Gasteiger partial charge in [-0.25, -0.2) is 8.78 Å². The Morgan fingerprint density at radius 3 is 2.17 bits per heavy atom. The van der Waals surface area contributed by atoms with E-state index in [1.807, 2.05) is 0 Å². The first-order valence-corrected chi connectivity index (χ1v) is 5.84. The first kappa shape index (κ1) is 14.6. The van der Waals surface area contributed by atoms with Gasteiger partial charge in [-0.1, -0.05) is 19.9 Å². The summed E-state index contributed by atoms with van der Waals surface area (Å²) in [5, 5.41) is 2.52. The van der Waals surface area contributed by atoms with E-state index >= 15 is 0 Å². The lowest BCUT2D eigenvalue weighted by molar-refractivity contribution is -0.123. The van der Waals surface area contributed by atoms with Gasteiger partial charge in [0.05, 0.1) is 12.1 Å². The highest BCUT2D eigenvalue weighted by Crippen LogP contribution is 2.20. The molecule has 0 aliphatic carbocycles. The van der Waals surface area contributed by atoms with E-state index in [1.165, 1.54) is 13.0 Å². The van der Waals surface area contributed by atoms with Gasteiger partial charge in [-0.15, -0.1) is 0 Å². The van der Waals surface area contributed by atoms with E-state index in [0.717, 1.165) is 12.1 Å². The van der Waals surface area contributed by atoms with Crippen molar-refractivity contribution in [1.82, 2.24) is 5.32 Å². The third kappa shape index (κ3) is 3.26. The van der Waals surface area contributed by atoms with E-state index in [-0.39, 0.29) is 11.5 Å². The number of carbonyl (C=O) groups is 1. The molecule has 0 aliphatic rings. The number of benzene rings is 1. The molecule has 0 aliphatic heterocycles. The van der Waals surface area contributed by atoms with Gasteiger partial charge in [0, 0.05) is 5.56 Å². The van der Waals surface area contributed by atoms with Gasteiger partial charge in [-0.3, -0.25) is 4.79 Å². The second-order valence-electron chi connectivity index (χ2n) is 4.64. The van der Waals surface area contributed by atoms with E-state index in [4.69, 9.17) is 5.73 Å². The molecule has 0 radical (unpaired) electrons. The molecule has 0 fully saturated rings. The predicted octanol–water partition coefficient (Wildman–Crippen LogP) is 2.13. The van der Waals surface area contributed by atoms with Crippen LogP contribution < -0.4 is 11.1 Å². The molecular formula is C13H18F2N2O. The molecule has 1 aromatic rings. The van der Waals surface area contributed by atoms with Gasteiger partial charge >= 0.3 is 0 Å². The van der Waals surface area contributed by atoms with Crippen molar-refractivity contribution in [2.45, 2.75) is 32.9 Å². The first-order valence-electron chi connectivity index (χ1n) is 5.84. The second kappa shape index (κ2) is 5.91. The van der Waals surface area contributed by atoms with Crippen molar-refractivity contribution in [3.8, 4) is 0 Å². The van der Waals surface area contributed by atoms with E-state index in [1.54, 1.807) is 13.8 Å². The Bertz CT molecular complexity index is 415. The van der Waals surface area contributed by atoms with Crippen LogP contribution in [0.3, 0.4) is 0 Å². The molecule has 1 aromatic carbocycles. The fourth-order valence-corrected chi connectivity index (χ4v) is 1.61. The van der Waals surface area contributed by atoms with Gasteiger partial charge in [0.1, 0.15) is 11.6 Å².